The molecule has 1 aromatic carbocycles. The first-order chi connectivity index (χ1) is 11.2. The van der Waals surface area contributed by atoms with Crippen molar-refractivity contribution in [2.45, 2.75) is 18.9 Å². The predicted molar refractivity (Wildman–Crippen MR) is 88.4 cm³/mol. The maximum atomic E-state index is 12.4. The van der Waals surface area contributed by atoms with Crippen LogP contribution < -0.4 is 20.1 Å². The molecule has 1 aliphatic rings. The van der Waals surface area contributed by atoms with Gasteiger partial charge in [-0.3, -0.25) is 4.79 Å². The fraction of sp³-hybridized carbons (Fsp3) is 0.294. The number of pyridine rings is 1. The van der Waals surface area contributed by atoms with Gasteiger partial charge in [0.15, 0.2) is 0 Å². The molecule has 0 saturated heterocycles. The molecule has 0 aliphatic heterocycles. The molecule has 120 valence electrons. The van der Waals surface area contributed by atoms with Crippen LogP contribution in [0.15, 0.2) is 36.4 Å². The zero-order chi connectivity index (χ0) is 16.2. The van der Waals surface area contributed by atoms with Crippen LogP contribution in [-0.2, 0) is 0 Å². The van der Waals surface area contributed by atoms with Crippen LogP contribution in [0.5, 0.6) is 11.5 Å². The van der Waals surface area contributed by atoms with Crippen molar-refractivity contribution in [2.24, 2.45) is 0 Å². The van der Waals surface area contributed by atoms with E-state index in [4.69, 9.17) is 9.47 Å². The van der Waals surface area contributed by atoms with E-state index >= 15 is 0 Å². The standard InChI is InChI=1S/C17H19N3O3/c1-22-12-8-9-13(15(10-12)23-2)20-17(21)14-4-3-5-16(19-14)18-11-6-7-11/h3-5,8-11H,6-7H2,1-2H3,(H,18,19)(H,20,21). The molecule has 0 bridgehead atoms. The average Bonchev–Trinajstić information content (AvgIpc) is 3.39. The minimum atomic E-state index is -0.284. The summed E-state index contributed by atoms with van der Waals surface area (Å²) in [5.41, 5.74) is 0.925. The minimum Gasteiger partial charge on any atom is -0.497 e. The Morgan fingerprint density at radius 2 is 2.00 bits per heavy atom. The van der Waals surface area contributed by atoms with Gasteiger partial charge in [0.05, 0.1) is 19.9 Å². The molecule has 1 heterocycles. The molecule has 23 heavy (non-hydrogen) atoms. The highest BCUT2D eigenvalue weighted by Gasteiger charge is 2.21. The van der Waals surface area contributed by atoms with E-state index in [1.165, 1.54) is 0 Å². The van der Waals surface area contributed by atoms with Crippen LogP contribution >= 0.6 is 0 Å². The Morgan fingerprint density at radius 3 is 2.70 bits per heavy atom. The quantitative estimate of drug-likeness (QED) is 0.858. The monoisotopic (exact) mass is 313 g/mol. The number of hydrogen-bond acceptors (Lipinski definition) is 5. The van der Waals surface area contributed by atoms with E-state index in [9.17, 15) is 4.79 Å². The molecule has 2 aromatic rings. The first-order valence-electron chi connectivity index (χ1n) is 7.46. The summed E-state index contributed by atoms with van der Waals surface area (Å²) in [5.74, 6) is 1.63. The minimum absolute atomic E-state index is 0.284. The number of carbonyl (C=O) groups is 1. The second-order valence-corrected chi connectivity index (χ2v) is 5.35. The van der Waals surface area contributed by atoms with Gasteiger partial charge < -0.3 is 20.1 Å². The predicted octanol–water partition coefficient (Wildman–Crippen LogP) is 2.93. The summed E-state index contributed by atoms with van der Waals surface area (Å²) in [6.45, 7) is 0. The van der Waals surface area contributed by atoms with Crippen molar-refractivity contribution in [3.63, 3.8) is 0 Å². The molecule has 1 amide bonds. The second-order valence-electron chi connectivity index (χ2n) is 5.35. The number of nitrogens with one attached hydrogen (secondary N) is 2. The highest BCUT2D eigenvalue weighted by Crippen LogP contribution is 2.29. The Labute approximate surface area is 134 Å². The molecular formula is C17H19N3O3. The third-order valence-electron chi connectivity index (χ3n) is 3.57. The van der Waals surface area contributed by atoms with Crippen molar-refractivity contribution in [3.8, 4) is 11.5 Å². The van der Waals surface area contributed by atoms with Crippen molar-refractivity contribution in [3.05, 3.63) is 42.1 Å². The Kier molecular flexibility index (Phi) is 4.32. The maximum absolute atomic E-state index is 12.4. The van der Waals surface area contributed by atoms with E-state index < -0.39 is 0 Å². The number of benzene rings is 1. The topological polar surface area (TPSA) is 72.5 Å². The van der Waals surface area contributed by atoms with Gasteiger partial charge in [0.25, 0.3) is 5.91 Å². The third-order valence-corrected chi connectivity index (χ3v) is 3.57. The van der Waals surface area contributed by atoms with E-state index in [1.54, 1.807) is 38.5 Å². The van der Waals surface area contributed by atoms with Crippen molar-refractivity contribution in [1.82, 2.24) is 4.98 Å². The summed E-state index contributed by atoms with van der Waals surface area (Å²) in [5, 5.41) is 6.10. The van der Waals surface area contributed by atoms with Gasteiger partial charge in [-0.15, -0.1) is 0 Å². The number of anilines is 2. The maximum Gasteiger partial charge on any atom is 0.274 e. The number of amides is 1. The van der Waals surface area contributed by atoms with Crippen LogP contribution in [0.4, 0.5) is 11.5 Å². The Hall–Kier alpha value is -2.76. The molecule has 1 aliphatic carbocycles. The van der Waals surface area contributed by atoms with Gasteiger partial charge in [-0.05, 0) is 37.1 Å². The number of ether oxygens (including phenoxy) is 2. The van der Waals surface area contributed by atoms with Crippen molar-refractivity contribution in [2.75, 3.05) is 24.9 Å². The summed E-state index contributed by atoms with van der Waals surface area (Å²) in [4.78, 5) is 16.8. The number of aromatic nitrogens is 1. The molecule has 0 radical (unpaired) electrons. The van der Waals surface area contributed by atoms with Gasteiger partial charge in [0, 0.05) is 12.1 Å². The molecule has 0 atom stereocenters. The summed E-state index contributed by atoms with van der Waals surface area (Å²) in [7, 11) is 3.12. The van der Waals surface area contributed by atoms with E-state index in [2.05, 4.69) is 15.6 Å². The van der Waals surface area contributed by atoms with Crippen LogP contribution in [0, 0.1) is 0 Å². The smallest absolute Gasteiger partial charge is 0.274 e. The number of hydrogen-bond donors (Lipinski definition) is 2. The van der Waals surface area contributed by atoms with Crippen LogP contribution in [0.3, 0.4) is 0 Å². The van der Waals surface area contributed by atoms with E-state index in [0.717, 1.165) is 18.7 Å². The van der Waals surface area contributed by atoms with Crippen LogP contribution in [0.25, 0.3) is 0 Å². The van der Waals surface area contributed by atoms with Gasteiger partial charge in [0.2, 0.25) is 0 Å². The number of methoxy groups -OCH3 is 2. The normalized spacial score (nSPS) is 13.3. The van der Waals surface area contributed by atoms with Crippen molar-refractivity contribution >= 4 is 17.4 Å². The highest BCUT2D eigenvalue weighted by atomic mass is 16.5. The fourth-order valence-corrected chi connectivity index (χ4v) is 2.17. The van der Waals surface area contributed by atoms with Gasteiger partial charge in [-0.2, -0.15) is 0 Å². The molecular weight excluding hydrogens is 294 g/mol. The fourth-order valence-electron chi connectivity index (χ4n) is 2.17. The zero-order valence-electron chi connectivity index (χ0n) is 13.1. The molecule has 6 heteroatoms. The van der Waals surface area contributed by atoms with Gasteiger partial charge in [0.1, 0.15) is 23.0 Å². The lowest BCUT2D eigenvalue weighted by atomic mass is 10.2. The van der Waals surface area contributed by atoms with Crippen molar-refractivity contribution < 1.29 is 14.3 Å². The lowest BCUT2D eigenvalue weighted by molar-refractivity contribution is 0.102. The molecule has 6 nitrogen and oxygen atoms in total. The summed E-state index contributed by atoms with van der Waals surface area (Å²) >= 11 is 0. The lowest BCUT2D eigenvalue weighted by Gasteiger charge is -2.12. The second kappa shape index (κ2) is 6.56. The van der Waals surface area contributed by atoms with E-state index in [1.807, 2.05) is 12.1 Å². The molecule has 1 saturated carbocycles. The van der Waals surface area contributed by atoms with Gasteiger partial charge >= 0.3 is 0 Å². The summed E-state index contributed by atoms with van der Waals surface area (Å²) < 4.78 is 10.4. The number of carbonyl (C=O) groups excluding carboxylic acids is 1. The number of nitrogens with zero attached hydrogens (tertiary/aromatic N) is 1. The van der Waals surface area contributed by atoms with Crippen LogP contribution in [-0.4, -0.2) is 31.2 Å². The van der Waals surface area contributed by atoms with E-state index in [0.29, 0.717) is 28.9 Å². The SMILES string of the molecule is COc1ccc(NC(=O)c2cccc(NC3CC3)n2)c(OC)c1. The van der Waals surface area contributed by atoms with E-state index in [-0.39, 0.29) is 5.91 Å². The molecule has 3 rings (SSSR count). The molecule has 1 fully saturated rings. The average molecular weight is 313 g/mol. The third kappa shape index (κ3) is 3.71. The first kappa shape index (κ1) is 15.1. The Bertz CT molecular complexity index is 714. The summed E-state index contributed by atoms with van der Waals surface area (Å²) in [6, 6.07) is 11.1. The van der Waals surface area contributed by atoms with Crippen LogP contribution in [0.2, 0.25) is 0 Å². The molecule has 1 aromatic heterocycles. The van der Waals surface area contributed by atoms with Gasteiger partial charge in [-0.1, -0.05) is 6.07 Å². The number of rotatable bonds is 6. The van der Waals surface area contributed by atoms with Crippen LogP contribution in [0.1, 0.15) is 23.3 Å². The molecule has 0 spiro atoms. The first-order valence-corrected chi connectivity index (χ1v) is 7.46. The van der Waals surface area contributed by atoms with Gasteiger partial charge in [-0.25, -0.2) is 4.98 Å². The lowest BCUT2D eigenvalue weighted by Crippen LogP contribution is -2.15. The summed E-state index contributed by atoms with van der Waals surface area (Å²) in [6.07, 6.45) is 2.31. The zero-order valence-corrected chi connectivity index (χ0v) is 13.1. The Morgan fingerprint density at radius 1 is 1.17 bits per heavy atom. The molecule has 0 unspecified atom stereocenters. The largest absolute Gasteiger partial charge is 0.497 e. The molecule has 2 N–H and O–H groups in total. The highest BCUT2D eigenvalue weighted by molar-refractivity contribution is 6.04. The Balaban J connectivity index is 1.75. The van der Waals surface area contributed by atoms with Crippen molar-refractivity contribution in [1.29, 1.82) is 0 Å².